The highest BCUT2D eigenvalue weighted by molar-refractivity contribution is 7.99. The van der Waals surface area contributed by atoms with Gasteiger partial charge in [-0.2, -0.15) is 0 Å². The van der Waals surface area contributed by atoms with Crippen LogP contribution in [0.5, 0.6) is 0 Å². The minimum atomic E-state index is -0.779. The zero-order chi connectivity index (χ0) is 14.4. The zero-order valence-corrected chi connectivity index (χ0v) is 12.5. The Morgan fingerprint density at radius 3 is 2.90 bits per heavy atom. The van der Waals surface area contributed by atoms with Crippen LogP contribution in [0.2, 0.25) is 0 Å². The summed E-state index contributed by atoms with van der Waals surface area (Å²) in [5.74, 6) is 0.198. The fourth-order valence-electron chi connectivity index (χ4n) is 2.04. The highest BCUT2D eigenvalue weighted by Crippen LogP contribution is 2.26. The first-order chi connectivity index (χ1) is 9.60. The highest BCUT2D eigenvalue weighted by atomic mass is 32.2. The van der Waals surface area contributed by atoms with Crippen molar-refractivity contribution in [2.24, 2.45) is 0 Å². The zero-order valence-electron chi connectivity index (χ0n) is 11.7. The molecule has 0 spiro atoms. The predicted octanol–water partition coefficient (Wildman–Crippen LogP) is 2.33. The van der Waals surface area contributed by atoms with E-state index >= 15 is 0 Å². The number of carboxylic acid groups (broad SMARTS) is 1. The molecule has 1 unspecified atom stereocenters. The predicted molar refractivity (Wildman–Crippen MR) is 78.8 cm³/mol. The molecule has 1 aliphatic carbocycles. The monoisotopic (exact) mass is 295 g/mol. The number of carboxylic acids is 1. The van der Waals surface area contributed by atoms with Gasteiger partial charge in [0.15, 0.2) is 0 Å². The molecule has 0 saturated heterocycles. The Hall–Kier alpha value is -1.14. The molecule has 0 radical (unpaired) electrons. The number of nitrogens with one attached hydrogen (secondary N) is 1. The Labute approximate surface area is 123 Å². The van der Waals surface area contributed by atoms with Gasteiger partial charge in [0.05, 0.1) is 6.20 Å². The largest absolute Gasteiger partial charge is 0.480 e. The van der Waals surface area contributed by atoms with Crippen LogP contribution in [0.1, 0.15) is 39.0 Å². The SMILES string of the molecule is CC(CCCCSc1cnccn1)(NC1CC1)C(=O)O. The van der Waals surface area contributed by atoms with Crippen LogP contribution in [0.3, 0.4) is 0 Å². The lowest BCUT2D eigenvalue weighted by Gasteiger charge is -2.26. The van der Waals surface area contributed by atoms with Gasteiger partial charge in [0, 0.05) is 18.4 Å². The number of carbonyl (C=O) groups is 1. The number of aliphatic carboxylic acids is 1. The normalized spacial score (nSPS) is 17.6. The van der Waals surface area contributed by atoms with Crippen molar-refractivity contribution < 1.29 is 9.90 Å². The van der Waals surface area contributed by atoms with Gasteiger partial charge in [0.25, 0.3) is 0 Å². The maximum atomic E-state index is 11.4. The van der Waals surface area contributed by atoms with E-state index in [2.05, 4.69) is 15.3 Å². The number of nitrogens with zero attached hydrogens (tertiary/aromatic N) is 2. The fraction of sp³-hybridized carbons (Fsp3) is 0.643. The Bertz CT molecular complexity index is 439. The van der Waals surface area contributed by atoms with E-state index in [9.17, 15) is 9.90 Å². The molecular formula is C14H21N3O2S. The summed E-state index contributed by atoms with van der Waals surface area (Å²) in [7, 11) is 0. The highest BCUT2D eigenvalue weighted by Gasteiger charge is 2.37. The molecule has 1 aliphatic rings. The first-order valence-electron chi connectivity index (χ1n) is 7.00. The molecule has 1 atom stereocenters. The second-order valence-electron chi connectivity index (χ2n) is 5.41. The van der Waals surface area contributed by atoms with Gasteiger partial charge < -0.3 is 5.11 Å². The molecule has 2 rings (SSSR count). The molecule has 0 bridgehead atoms. The van der Waals surface area contributed by atoms with Gasteiger partial charge in [-0.1, -0.05) is 6.42 Å². The van der Waals surface area contributed by atoms with Crippen molar-refractivity contribution in [1.82, 2.24) is 15.3 Å². The van der Waals surface area contributed by atoms with E-state index in [1.165, 1.54) is 0 Å². The van der Waals surface area contributed by atoms with E-state index in [1.807, 2.05) is 0 Å². The number of hydrogen-bond acceptors (Lipinski definition) is 5. The maximum Gasteiger partial charge on any atom is 0.323 e. The molecular weight excluding hydrogens is 274 g/mol. The average Bonchev–Trinajstić information content (AvgIpc) is 3.23. The van der Waals surface area contributed by atoms with Crippen LogP contribution < -0.4 is 5.32 Å². The average molecular weight is 295 g/mol. The van der Waals surface area contributed by atoms with Gasteiger partial charge in [0.2, 0.25) is 0 Å². The third-order valence-corrected chi connectivity index (χ3v) is 4.43. The summed E-state index contributed by atoms with van der Waals surface area (Å²) in [6.07, 6.45) is 9.85. The van der Waals surface area contributed by atoms with Crippen LogP contribution in [0.15, 0.2) is 23.6 Å². The second kappa shape index (κ2) is 7.04. The summed E-state index contributed by atoms with van der Waals surface area (Å²) < 4.78 is 0. The lowest BCUT2D eigenvalue weighted by molar-refractivity contribution is -0.144. The van der Waals surface area contributed by atoms with E-state index in [0.717, 1.165) is 36.5 Å². The summed E-state index contributed by atoms with van der Waals surface area (Å²) in [6, 6.07) is 0.407. The fourth-order valence-corrected chi connectivity index (χ4v) is 2.86. The van der Waals surface area contributed by atoms with Crippen LogP contribution in [0, 0.1) is 0 Å². The Balaban J connectivity index is 1.67. The molecule has 1 saturated carbocycles. The molecule has 1 fully saturated rings. The van der Waals surface area contributed by atoms with E-state index in [0.29, 0.717) is 12.5 Å². The van der Waals surface area contributed by atoms with Gasteiger partial charge >= 0.3 is 5.97 Å². The molecule has 0 aromatic carbocycles. The maximum absolute atomic E-state index is 11.4. The third-order valence-electron chi connectivity index (χ3n) is 3.43. The van der Waals surface area contributed by atoms with Crippen molar-refractivity contribution in [3.8, 4) is 0 Å². The Morgan fingerprint density at radius 2 is 2.30 bits per heavy atom. The number of rotatable bonds is 9. The topological polar surface area (TPSA) is 75.1 Å². The molecule has 6 heteroatoms. The third kappa shape index (κ3) is 4.76. The first kappa shape index (κ1) is 15.3. The minimum Gasteiger partial charge on any atom is -0.480 e. The molecule has 1 heterocycles. The summed E-state index contributed by atoms with van der Waals surface area (Å²) in [5.41, 5.74) is -0.779. The summed E-state index contributed by atoms with van der Waals surface area (Å²) >= 11 is 1.66. The second-order valence-corrected chi connectivity index (χ2v) is 6.52. The quantitative estimate of drug-likeness (QED) is 0.538. The molecule has 20 heavy (non-hydrogen) atoms. The molecule has 2 N–H and O–H groups in total. The van der Waals surface area contributed by atoms with Crippen LogP contribution in [-0.2, 0) is 4.79 Å². The van der Waals surface area contributed by atoms with Crippen LogP contribution in [-0.4, -0.2) is 38.4 Å². The van der Waals surface area contributed by atoms with E-state index in [-0.39, 0.29) is 0 Å². The molecule has 0 aliphatic heterocycles. The van der Waals surface area contributed by atoms with Crippen molar-refractivity contribution >= 4 is 17.7 Å². The summed E-state index contributed by atoms with van der Waals surface area (Å²) in [5, 5.41) is 13.5. The van der Waals surface area contributed by atoms with Gasteiger partial charge in [-0.3, -0.25) is 15.1 Å². The number of aromatic nitrogens is 2. The van der Waals surface area contributed by atoms with Gasteiger partial charge in [-0.05, 0) is 38.4 Å². The number of unbranched alkanes of at least 4 members (excludes halogenated alkanes) is 1. The van der Waals surface area contributed by atoms with E-state index < -0.39 is 11.5 Å². The van der Waals surface area contributed by atoms with Gasteiger partial charge in [0.1, 0.15) is 10.6 Å². The van der Waals surface area contributed by atoms with Crippen molar-refractivity contribution in [3.63, 3.8) is 0 Å². The van der Waals surface area contributed by atoms with Gasteiger partial charge in [-0.25, -0.2) is 4.98 Å². The van der Waals surface area contributed by atoms with Crippen molar-refractivity contribution in [2.75, 3.05) is 5.75 Å². The molecule has 1 aromatic heterocycles. The van der Waals surface area contributed by atoms with Crippen LogP contribution in [0.25, 0.3) is 0 Å². The van der Waals surface area contributed by atoms with Crippen molar-refractivity contribution in [1.29, 1.82) is 0 Å². The van der Waals surface area contributed by atoms with Gasteiger partial charge in [-0.15, -0.1) is 11.8 Å². The van der Waals surface area contributed by atoms with E-state index in [4.69, 9.17) is 0 Å². The number of hydrogen-bond donors (Lipinski definition) is 2. The van der Waals surface area contributed by atoms with E-state index in [1.54, 1.807) is 37.3 Å². The van der Waals surface area contributed by atoms with Crippen LogP contribution >= 0.6 is 11.8 Å². The molecule has 0 amide bonds. The van der Waals surface area contributed by atoms with Crippen LogP contribution in [0.4, 0.5) is 0 Å². The number of thioether (sulfide) groups is 1. The minimum absolute atomic E-state index is 0.407. The smallest absolute Gasteiger partial charge is 0.323 e. The first-order valence-corrected chi connectivity index (χ1v) is 7.99. The lowest BCUT2D eigenvalue weighted by Crippen LogP contribution is -2.50. The molecule has 110 valence electrons. The molecule has 5 nitrogen and oxygen atoms in total. The Kier molecular flexibility index (Phi) is 5.37. The Morgan fingerprint density at radius 1 is 1.50 bits per heavy atom. The van der Waals surface area contributed by atoms with Crippen molar-refractivity contribution in [2.45, 2.75) is 55.6 Å². The standard InChI is InChI=1S/C14H21N3O2S/c1-14(13(18)19,17-11-4-5-11)6-2-3-9-20-12-10-15-7-8-16-12/h7-8,10-11,17H,2-6,9H2,1H3,(H,18,19). The van der Waals surface area contributed by atoms with Crippen molar-refractivity contribution in [3.05, 3.63) is 18.6 Å². The lowest BCUT2D eigenvalue weighted by atomic mass is 9.95. The molecule has 1 aromatic rings. The summed E-state index contributed by atoms with van der Waals surface area (Å²) in [4.78, 5) is 19.6. The summed E-state index contributed by atoms with van der Waals surface area (Å²) in [6.45, 7) is 1.80.